The second-order valence-corrected chi connectivity index (χ2v) is 4.61. The summed E-state index contributed by atoms with van der Waals surface area (Å²) >= 11 is 0. The minimum atomic E-state index is -1.93. The largest absolute Gasteiger partial charge is 0.365 e. The van der Waals surface area contributed by atoms with Crippen LogP contribution in [-0.2, 0) is 16.1 Å². The molecule has 4 heteroatoms. The van der Waals surface area contributed by atoms with Gasteiger partial charge in [-0.15, -0.1) is 0 Å². The van der Waals surface area contributed by atoms with E-state index in [1.807, 2.05) is 44.2 Å². The van der Waals surface area contributed by atoms with Gasteiger partial charge in [-0.25, -0.2) is 0 Å². The number of hydrogen-bond acceptors (Lipinski definition) is 3. The maximum Gasteiger partial charge on any atom is 0.277 e. The molecule has 0 saturated carbocycles. The van der Waals surface area contributed by atoms with Crippen molar-refractivity contribution in [3.05, 3.63) is 42.3 Å². The smallest absolute Gasteiger partial charge is 0.277 e. The molecule has 1 rings (SSSR count). The van der Waals surface area contributed by atoms with Crippen molar-refractivity contribution >= 4 is 5.91 Å². The fourth-order valence-electron chi connectivity index (χ4n) is 1.40. The molecular formula is C14H20NO3. The van der Waals surface area contributed by atoms with Gasteiger partial charge >= 0.3 is 0 Å². The number of nitrogens with two attached hydrogens (primary N) is 1. The van der Waals surface area contributed by atoms with E-state index < -0.39 is 11.7 Å². The molecule has 0 fully saturated rings. The molecule has 18 heavy (non-hydrogen) atoms. The molecule has 0 spiro atoms. The van der Waals surface area contributed by atoms with Crippen LogP contribution >= 0.6 is 0 Å². The van der Waals surface area contributed by atoms with Crippen LogP contribution in [-0.4, -0.2) is 16.8 Å². The summed E-state index contributed by atoms with van der Waals surface area (Å²) < 4.78 is 5.28. The first kappa shape index (κ1) is 14.7. The molecule has 1 atom stereocenters. The van der Waals surface area contributed by atoms with E-state index in [4.69, 9.17) is 10.5 Å². The van der Waals surface area contributed by atoms with Crippen molar-refractivity contribution in [1.82, 2.24) is 0 Å². The molecule has 4 nitrogen and oxygen atoms in total. The van der Waals surface area contributed by atoms with Crippen LogP contribution in [0.3, 0.4) is 0 Å². The molecule has 0 heterocycles. The highest BCUT2D eigenvalue weighted by atomic mass is 16.6. The summed E-state index contributed by atoms with van der Waals surface area (Å²) in [5, 5.41) is 10.1. The van der Waals surface area contributed by atoms with E-state index in [9.17, 15) is 9.90 Å². The number of carbonyl (C=O) groups excluding carboxylic acids is 1. The zero-order valence-electron chi connectivity index (χ0n) is 10.8. The van der Waals surface area contributed by atoms with E-state index in [1.54, 1.807) is 6.42 Å². The lowest BCUT2D eigenvalue weighted by atomic mass is 10.0. The monoisotopic (exact) mass is 250 g/mol. The third kappa shape index (κ3) is 4.47. The van der Waals surface area contributed by atoms with Crippen molar-refractivity contribution in [2.75, 3.05) is 0 Å². The number of primary amides is 1. The third-order valence-electron chi connectivity index (χ3n) is 2.57. The molecule has 99 valence electrons. The first-order valence-corrected chi connectivity index (χ1v) is 5.97. The molecule has 1 aromatic rings. The predicted molar refractivity (Wildman–Crippen MR) is 69.1 cm³/mol. The lowest BCUT2D eigenvalue weighted by Gasteiger charge is -2.25. The minimum Gasteiger partial charge on any atom is -0.365 e. The van der Waals surface area contributed by atoms with Crippen LogP contribution in [0.2, 0.25) is 0 Å². The van der Waals surface area contributed by atoms with E-state index in [1.165, 1.54) is 0 Å². The average Bonchev–Trinajstić information content (AvgIpc) is 2.35. The van der Waals surface area contributed by atoms with Crippen LogP contribution in [0.5, 0.6) is 0 Å². The molecule has 0 aliphatic rings. The number of hydrogen-bond donors (Lipinski definition) is 2. The lowest BCUT2D eigenvalue weighted by molar-refractivity contribution is -0.209. The van der Waals surface area contributed by atoms with Gasteiger partial charge in [0.15, 0.2) is 0 Å². The summed E-state index contributed by atoms with van der Waals surface area (Å²) in [6.07, 6.45) is 1.89. The van der Waals surface area contributed by atoms with Gasteiger partial charge in [0.1, 0.15) is 0 Å². The van der Waals surface area contributed by atoms with Gasteiger partial charge in [-0.1, -0.05) is 44.2 Å². The van der Waals surface area contributed by atoms with Gasteiger partial charge < -0.3 is 15.6 Å². The Balaban J connectivity index is 2.60. The van der Waals surface area contributed by atoms with Gasteiger partial charge in [-0.2, -0.15) is 0 Å². The summed E-state index contributed by atoms with van der Waals surface area (Å²) in [5.74, 6) is -2.55. The van der Waals surface area contributed by atoms with Crippen LogP contribution in [0.1, 0.15) is 25.8 Å². The lowest BCUT2D eigenvalue weighted by Crippen LogP contribution is -2.46. The summed E-state index contributed by atoms with van der Waals surface area (Å²) in [6, 6.07) is 9.32. The normalized spacial score (nSPS) is 14.4. The van der Waals surface area contributed by atoms with Gasteiger partial charge in [-0.05, 0) is 17.9 Å². The first-order chi connectivity index (χ1) is 8.44. The van der Waals surface area contributed by atoms with E-state index in [-0.39, 0.29) is 18.9 Å². The number of rotatable bonds is 7. The standard InChI is InChI=1S/C14H20NO3/c1-11(2)8-9-14(17,13(15)16)18-10-12-6-4-3-5-7-12/h3-8,11,17H,9-10H2,1-2H3,(H2,15,16)/t14-/m0/s1. The van der Waals surface area contributed by atoms with Gasteiger partial charge in [0, 0.05) is 6.42 Å². The molecule has 0 bridgehead atoms. The van der Waals surface area contributed by atoms with E-state index in [0.29, 0.717) is 0 Å². The molecule has 3 N–H and O–H groups in total. The Labute approximate surface area is 108 Å². The quantitative estimate of drug-likeness (QED) is 0.722. The number of ether oxygens (including phenoxy) is 1. The highest BCUT2D eigenvalue weighted by Crippen LogP contribution is 2.19. The van der Waals surface area contributed by atoms with Crippen molar-refractivity contribution in [3.63, 3.8) is 0 Å². The second-order valence-electron chi connectivity index (χ2n) is 4.61. The Morgan fingerprint density at radius 1 is 1.44 bits per heavy atom. The van der Waals surface area contributed by atoms with Crippen LogP contribution in [0, 0.1) is 12.3 Å². The molecule has 0 unspecified atom stereocenters. The van der Waals surface area contributed by atoms with Crippen LogP contribution in [0.25, 0.3) is 0 Å². The summed E-state index contributed by atoms with van der Waals surface area (Å²) in [4.78, 5) is 11.3. The average molecular weight is 250 g/mol. The zero-order chi connectivity index (χ0) is 13.6. The van der Waals surface area contributed by atoms with Crippen LogP contribution < -0.4 is 5.73 Å². The number of carbonyl (C=O) groups is 1. The topological polar surface area (TPSA) is 72.6 Å². The molecule has 0 saturated heterocycles. The first-order valence-electron chi connectivity index (χ1n) is 5.97. The van der Waals surface area contributed by atoms with E-state index in [2.05, 4.69) is 0 Å². The van der Waals surface area contributed by atoms with Crippen molar-refractivity contribution in [3.8, 4) is 0 Å². The zero-order valence-corrected chi connectivity index (χ0v) is 10.8. The Morgan fingerprint density at radius 2 is 2.06 bits per heavy atom. The van der Waals surface area contributed by atoms with Gasteiger partial charge in [-0.3, -0.25) is 4.79 Å². The molecule has 0 aromatic heterocycles. The predicted octanol–water partition coefficient (Wildman–Crippen LogP) is 1.63. The number of aliphatic hydroxyl groups is 1. The molecule has 1 radical (unpaired) electrons. The number of benzene rings is 1. The third-order valence-corrected chi connectivity index (χ3v) is 2.57. The van der Waals surface area contributed by atoms with Crippen molar-refractivity contribution < 1.29 is 14.6 Å². The van der Waals surface area contributed by atoms with Crippen molar-refractivity contribution in [1.29, 1.82) is 0 Å². The molecular weight excluding hydrogens is 230 g/mol. The van der Waals surface area contributed by atoms with Gasteiger partial charge in [0.25, 0.3) is 5.91 Å². The SMILES string of the molecule is CC(C)[CH]C[C@](O)(OCc1ccccc1)C(N)=O. The highest BCUT2D eigenvalue weighted by molar-refractivity contribution is 5.81. The van der Waals surface area contributed by atoms with Crippen LogP contribution in [0.4, 0.5) is 0 Å². The van der Waals surface area contributed by atoms with Gasteiger partial charge in [0.05, 0.1) is 6.61 Å². The molecule has 0 aliphatic carbocycles. The maximum absolute atomic E-state index is 11.3. The fourth-order valence-corrected chi connectivity index (χ4v) is 1.40. The van der Waals surface area contributed by atoms with Crippen molar-refractivity contribution in [2.24, 2.45) is 11.7 Å². The molecule has 1 aromatic carbocycles. The Morgan fingerprint density at radius 3 is 2.56 bits per heavy atom. The van der Waals surface area contributed by atoms with E-state index >= 15 is 0 Å². The van der Waals surface area contributed by atoms with Gasteiger partial charge in [0.2, 0.25) is 5.79 Å². The Kier molecular flexibility index (Phi) is 5.31. The molecule has 0 aliphatic heterocycles. The summed E-state index contributed by atoms with van der Waals surface area (Å²) in [6.45, 7) is 4.06. The maximum atomic E-state index is 11.3. The number of amides is 1. The Bertz CT molecular complexity index is 378. The highest BCUT2D eigenvalue weighted by Gasteiger charge is 2.35. The fraction of sp³-hybridized carbons (Fsp3) is 0.429. The summed E-state index contributed by atoms with van der Waals surface area (Å²) in [5.41, 5.74) is 6.06. The molecule has 1 amide bonds. The Hall–Kier alpha value is -1.39. The second kappa shape index (κ2) is 6.52. The van der Waals surface area contributed by atoms with E-state index in [0.717, 1.165) is 5.56 Å². The van der Waals surface area contributed by atoms with Crippen LogP contribution in [0.15, 0.2) is 30.3 Å². The summed E-state index contributed by atoms with van der Waals surface area (Å²) in [7, 11) is 0. The van der Waals surface area contributed by atoms with Crippen molar-refractivity contribution in [2.45, 2.75) is 32.7 Å². The minimum absolute atomic E-state index is 0.0901.